The highest BCUT2D eigenvalue weighted by Gasteiger charge is 2.14. The zero-order valence-corrected chi connectivity index (χ0v) is 14.7. The van der Waals surface area contributed by atoms with E-state index in [1.54, 1.807) is 30.5 Å². The third-order valence-electron chi connectivity index (χ3n) is 3.90. The Morgan fingerprint density at radius 3 is 2.44 bits per heavy atom. The van der Waals surface area contributed by atoms with Crippen LogP contribution >= 0.6 is 11.6 Å². The summed E-state index contributed by atoms with van der Waals surface area (Å²) in [5.74, 6) is -0.595. The molecule has 8 heteroatoms. The summed E-state index contributed by atoms with van der Waals surface area (Å²) in [6.07, 6.45) is 1.58. The van der Waals surface area contributed by atoms with E-state index in [9.17, 15) is 19.7 Å². The van der Waals surface area contributed by atoms with E-state index in [2.05, 4.69) is 5.32 Å². The van der Waals surface area contributed by atoms with Crippen LogP contribution in [-0.2, 0) is 6.54 Å². The molecule has 136 valence electrons. The van der Waals surface area contributed by atoms with E-state index in [4.69, 9.17) is 11.6 Å². The summed E-state index contributed by atoms with van der Waals surface area (Å²) < 4.78 is 1.39. The first-order chi connectivity index (χ1) is 13.0. The maximum atomic E-state index is 12.6. The van der Waals surface area contributed by atoms with Crippen LogP contribution in [0.2, 0.25) is 5.02 Å². The largest absolute Gasteiger partial charge is 0.322 e. The number of carbonyl (C=O) groups excluding carboxylic acids is 1. The Morgan fingerprint density at radius 2 is 1.78 bits per heavy atom. The molecule has 0 radical (unpaired) electrons. The van der Waals surface area contributed by atoms with Gasteiger partial charge >= 0.3 is 0 Å². The number of halogens is 1. The highest BCUT2D eigenvalue weighted by Crippen LogP contribution is 2.17. The van der Waals surface area contributed by atoms with Crippen LogP contribution in [0.4, 0.5) is 11.4 Å². The van der Waals surface area contributed by atoms with Gasteiger partial charge in [0.1, 0.15) is 5.56 Å². The van der Waals surface area contributed by atoms with Gasteiger partial charge in [0.15, 0.2) is 0 Å². The average molecular weight is 384 g/mol. The summed E-state index contributed by atoms with van der Waals surface area (Å²) in [5, 5.41) is 13.8. The van der Waals surface area contributed by atoms with Gasteiger partial charge in [-0.3, -0.25) is 19.7 Å². The van der Waals surface area contributed by atoms with E-state index in [1.807, 2.05) is 6.07 Å². The topological polar surface area (TPSA) is 94.2 Å². The lowest BCUT2D eigenvalue weighted by atomic mass is 10.2. The average Bonchev–Trinajstić information content (AvgIpc) is 2.65. The minimum absolute atomic E-state index is 0.0390. The maximum Gasteiger partial charge on any atom is 0.269 e. The molecule has 0 atom stereocenters. The van der Waals surface area contributed by atoms with Gasteiger partial charge in [0, 0.05) is 29.0 Å². The number of aromatic nitrogens is 1. The maximum absolute atomic E-state index is 12.6. The molecular formula is C19H14ClN3O4. The zero-order chi connectivity index (χ0) is 19.4. The molecule has 3 rings (SSSR count). The number of nitrogens with one attached hydrogen (secondary N) is 1. The molecule has 0 aliphatic heterocycles. The first-order valence-corrected chi connectivity index (χ1v) is 8.32. The highest BCUT2D eigenvalue weighted by atomic mass is 35.5. The highest BCUT2D eigenvalue weighted by molar-refractivity contribution is 6.31. The molecule has 0 aliphatic carbocycles. The van der Waals surface area contributed by atoms with Gasteiger partial charge in [-0.2, -0.15) is 0 Å². The number of hydrogen-bond donors (Lipinski definition) is 1. The molecule has 3 aromatic rings. The van der Waals surface area contributed by atoms with Crippen LogP contribution in [0.1, 0.15) is 15.9 Å². The first-order valence-electron chi connectivity index (χ1n) is 7.94. The Bertz CT molecular complexity index is 1060. The predicted molar refractivity (Wildman–Crippen MR) is 102 cm³/mol. The van der Waals surface area contributed by atoms with Gasteiger partial charge < -0.3 is 9.88 Å². The van der Waals surface area contributed by atoms with E-state index in [0.29, 0.717) is 10.7 Å². The minimum Gasteiger partial charge on any atom is -0.322 e. The van der Waals surface area contributed by atoms with Crippen molar-refractivity contribution in [3.63, 3.8) is 0 Å². The second-order valence-corrected chi connectivity index (χ2v) is 6.11. The Morgan fingerprint density at radius 1 is 1.07 bits per heavy atom. The van der Waals surface area contributed by atoms with E-state index in [-0.39, 0.29) is 17.8 Å². The molecule has 1 amide bonds. The monoisotopic (exact) mass is 383 g/mol. The van der Waals surface area contributed by atoms with Crippen LogP contribution in [0.3, 0.4) is 0 Å². The number of nitro benzene ring substituents is 1. The van der Waals surface area contributed by atoms with Gasteiger partial charge in [0.05, 0.1) is 11.5 Å². The van der Waals surface area contributed by atoms with Crippen LogP contribution in [-0.4, -0.2) is 15.4 Å². The van der Waals surface area contributed by atoms with Crippen LogP contribution < -0.4 is 10.9 Å². The fourth-order valence-corrected chi connectivity index (χ4v) is 2.70. The second-order valence-electron chi connectivity index (χ2n) is 5.70. The van der Waals surface area contributed by atoms with Crippen molar-refractivity contribution in [2.45, 2.75) is 6.54 Å². The Kier molecular flexibility index (Phi) is 5.33. The number of carbonyl (C=O) groups is 1. The fourth-order valence-electron chi connectivity index (χ4n) is 2.51. The van der Waals surface area contributed by atoms with Gasteiger partial charge in [-0.15, -0.1) is 0 Å². The number of anilines is 1. The molecule has 0 aliphatic rings. The van der Waals surface area contributed by atoms with Crippen LogP contribution in [0, 0.1) is 10.1 Å². The van der Waals surface area contributed by atoms with Gasteiger partial charge in [-0.25, -0.2) is 0 Å². The van der Waals surface area contributed by atoms with Crippen molar-refractivity contribution in [3.8, 4) is 0 Å². The zero-order valence-electron chi connectivity index (χ0n) is 14.0. The predicted octanol–water partition coefficient (Wildman–Crippen LogP) is 3.71. The lowest BCUT2D eigenvalue weighted by Gasteiger charge is -2.10. The third-order valence-corrected chi connectivity index (χ3v) is 4.27. The van der Waals surface area contributed by atoms with E-state index in [0.717, 1.165) is 5.56 Å². The minimum atomic E-state index is -0.595. The molecular weight excluding hydrogens is 370 g/mol. The molecule has 0 bridgehead atoms. The quantitative estimate of drug-likeness (QED) is 0.536. The Hall–Kier alpha value is -3.45. The van der Waals surface area contributed by atoms with Crippen LogP contribution in [0.15, 0.2) is 71.7 Å². The molecule has 2 aromatic carbocycles. The number of pyridine rings is 1. The smallest absolute Gasteiger partial charge is 0.269 e. The fraction of sp³-hybridized carbons (Fsp3) is 0.0526. The van der Waals surface area contributed by atoms with E-state index in [1.165, 1.54) is 34.9 Å². The lowest BCUT2D eigenvalue weighted by Crippen LogP contribution is -2.29. The summed E-state index contributed by atoms with van der Waals surface area (Å²) in [6.45, 7) is 0.233. The molecule has 0 spiro atoms. The van der Waals surface area contributed by atoms with Crippen molar-refractivity contribution < 1.29 is 9.72 Å². The SMILES string of the molecule is O=C(Nc1ccc([N+](=O)[O-])cc1)c1cccn(Cc2ccccc2Cl)c1=O. The molecule has 7 nitrogen and oxygen atoms in total. The normalized spacial score (nSPS) is 10.4. The summed E-state index contributed by atoms with van der Waals surface area (Å²) >= 11 is 6.13. The number of benzene rings is 2. The summed E-state index contributed by atoms with van der Waals surface area (Å²) in [5.41, 5.74) is 0.523. The molecule has 27 heavy (non-hydrogen) atoms. The van der Waals surface area contributed by atoms with Crippen molar-refractivity contribution in [2.24, 2.45) is 0 Å². The van der Waals surface area contributed by atoms with Crippen molar-refractivity contribution in [1.29, 1.82) is 0 Å². The summed E-state index contributed by atoms with van der Waals surface area (Å²) in [7, 11) is 0. The number of hydrogen-bond acceptors (Lipinski definition) is 4. The number of non-ortho nitro benzene ring substituents is 1. The molecule has 0 unspecified atom stereocenters. The summed E-state index contributed by atoms with van der Waals surface area (Å²) in [6, 6.07) is 15.5. The molecule has 0 fully saturated rings. The number of nitrogens with zero attached hydrogens (tertiary/aromatic N) is 2. The number of amides is 1. The Balaban J connectivity index is 1.82. The van der Waals surface area contributed by atoms with Crippen molar-refractivity contribution in [3.05, 3.63) is 103 Å². The molecule has 1 aromatic heterocycles. The number of nitro groups is 1. The Labute approximate surface area is 159 Å². The first kappa shape index (κ1) is 18.3. The van der Waals surface area contributed by atoms with E-state index < -0.39 is 16.4 Å². The molecule has 0 saturated heterocycles. The van der Waals surface area contributed by atoms with Crippen molar-refractivity contribution in [2.75, 3.05) is 5.32 Å². The molecule has 0 saturated carbocycles. The third kappa shape index (κ3) is 4.21. The van der Waals surface area contributed by atoms with Crippen LogP contribution in [0.25, 0.3) is 0 Å². The summed E-state index contributed by atoms with van der Waals surface area (Å²) in [4.78, 5) is 35.2. The van der Waals surface area contributed by atoms with Gasteiger partial charge in [0.25, 0.3) is 17.2 Å². The van der Waals surface area contributed by atoms with Gasteiger partial charge in [0.2, 0.25) is 0 Å². The second kappa shape index (κ2) is 7.84. The molecule has 1 N–H and O–H groups in total. The lowest BCUT2D eigenvalue weighted by molar-refractivity contribution is -0.384. The van der Waals surface area contributed by atoms with Gasteiger partial charge in [-0.05, 0) is 35.9 Å². The number of rotatable bonds is 5. The van der Waals surface area contributed by atoms with E-state index >= 15 is 0 Å². The standard InChI is InChI=1S/C19H14ClN3O4/c20-17-6-2-1-4-13(17)12-22-11-3-5-16(19(22)25)18(24)21-14-7-9-15(10-8-14)23(26)27/h1-11H,12H2,(H,21,24). The molecule has 1 heterocycles. The van der Waals surface area contributed by atoms with Gasteiger partial charge in [-0.1, -0.05) is 29.8 Å². The van der Waals surface area contributed by atoms with Crippen molar-refractivity contribution >= 4 is 28.9 Å². The van der Waals surface area contributed by atoms with Crippen molar-refractivity contribution in [1.82, 2.24) is 4.57 Å². The van der Waals surface area contributed by atoms with Crippen LogP contribution in [0.5, 0.6) is 0 Å².